The molecule has 0 saturated heterocycles. The van der Waals surface area contributed by atoms with Gasteiger partial charge < -0.3 is 10.1 Å². The van der Waals surface area contributed by atoms with Crippen LogP contribution in [0.15, 0.2) is 60.9 Å². The first-order valence-electron chi connectivity index (χ1n) is 8.36. The van der Waals surface area contributed by atoms with Crippen molar-refractivity contribution in [2.75, 3.05) is 11.9 Å². The summed E-state index contributed by atoms with van der Waals surface area (Å²) in [4.78, 5) is 12.6. The zero-order valence-corrected chi connectivity index (χ0v) is 15.4. The molecule has 0 unspecified atom stereocenters. The lowest BCUT2D eigenvalue weighted by molar-refractivity contribution is 0.102. The summed E-state index contributed by atoms with van der Waals surface area (Å²) in [5.41, 5.74) is 1.87. The molecule has 0 spiro atoms. The Kier molecular flexibility index (Phi) is 5.58. The van der Waals surface area contributed by atoms with Crippen LogP contribution in [-0.4, -0.2) is 22.3 Å². The van der Waals surface area contributed by atoms with E-state index in [2.05, 4.69) is 24.3 Å². The molecule has 134 valence electrons. The standard InChI is InChI=1S/C20H20ClN3O2/c1-14(2)13-26-19-9-4-3-8-18(19)23-20(25)15-11-22-24(12-15)17-7-5-6-16(21)10-17/h3-12,14H,13H2,1-2H3,(H,23,25). The number of anilines is 1. The molecule has 2 aromatic carbocycles. The number of ether oxygens (including phenoxy) is 1. The number of aromatic nitrogens is 2. The fraction of sp³-hybridized carbons (Fsp3) is 0.200. The highest BCUT2D eigenvalue weighted by Gasteiger charge is 2.13. The molecular weight excluding hydrogens is 350 g/mol. The molecule has 0 fully saturated rings. The zero-order valence-electron chi connectivity index (χ0n) is 14.6. The van der Waals surface area contributed by atoms with Crippen LogP contribution in [0.3, 0.4) is 0 Å². The molecule has 3 rings (SSSR count). The van der Waals surface area contributed by atoms with Crippen LogP contribution in [0.25, 0.3) is 5.69 Å². The predicted molar refractivity (Wildman–Crippen MR) is 103 cm³/mol. The van der Waals surface area contributed by atoms with Crippen molar-refractivity contribution in [2.24, 2.45) is 5.92 Å². The van der Waals surface area contributed by atoms with E-state index in [9.17, 15) is 4.79 Å². The third-order valence-corrected chi connectivity index (χ3v) is 3.86. The molecule has 0 saturated carbocycles. The highest BCUT2D eigenvalue weighted by molar-refractivity contribution is 6.30. The Bertz CT molecular complexity index is 905. The lowest BCUT2D eigenvalue weighted by atomic mass is 10.2. The smallest absolute Gasteiger partial charge is 0.258 e. The van der Waals surface area contributed by atoms with Crippen molar-refractivity contribution in [3.8, 4) is 11.4 Å². The van der Waals surface area contributed by atoms with Crippen molar-refractivity contribution in [2.45, 2.75) is 13.8 Å². The number of nitrogens with zero attached hydrogens (tertiary/aromatic N) is 2. The van der Waals surface area contributed by atoms with E-state index in [0.717, 1.165) is 5.69 Å². The number of carbonyl (C=O) groups is 1. The Hall–Kier alpha value is -2.79. The molecule has 5 nitrogen and oxygen atoms in total. The molecule has 26 heavy (non-hydrogen) atoms. The van der Waals surface area contributed by atoms with Crippen LogP contribution in [0.1, 0.15) is 24.2 Å². The zero-order chi connectivity index (χ0) is 18.5. The summed E-state index contributed by atoms with van der Waals surface area (Å²) in [5.74, 6) is 0.797. The lowest BCUT2D eigenvalue weighted by Gasteiger charge is -2.13. The Labute approximate surface area is 157 Å². The molecule has 0 radical (unpaired) electrons. The number of nitrogens with one attached hydrogen (secondary N) is 1. The number of hydrogen-bond acceptors (Lipinski definition) is 3. The van der Waals surface area contributed by atoms with Gasteiger partial charge in [0.2, 0.25) is 0 Å². The number of amides is 1. The van der Waals surface area contributed by atoms with Gasteiger partial charge >= 0.3 is 0 Å². The van der Waals surface area contributed by atoms with Crippen LogP contribution in [0.4, 0.5) is 5.69 Å². The van der Waals surface area contributed by atoms with Crippen LogP contribution >= 0.6 is 11.6 Å². The van der Waals surface area contributed by atoms with Crippen molar-refractivity contribution in [3.63, 3.8) is 0 Å². The molecule has 0 aliphatic rings. The van der Waals surface area contributed by atoms with E-state index < -0.39 is 0 Å². The minimum absolute atomic E-state index is 0.251. The molecule has 1 heterocycles. The average Bonchev–Trinajstić information content (AvgIpc) is 3.11. The van der Waals surface area contributed by atoms with Gasteiger partial charge in [0.25, 0.3) is 5.91 Å². The number of hydrogen-bond donors (Lipinski definition) is 1. The summed E-state index contributed by atoms with van der Waals surface area (Å²) >= 11 is 6.01. The molecule has 0 aliphatic heterocycles. The molecule has 0 bridgehead atoms. The third kappa shape index (κ3) is 4.43. The fourth-order valence-corrected chi connectivity index (χ4v) is 2.53. The molecule has 0 atom stereocenters. The highest BCUT2D eigenvalue weighted by atomic mass is 35.5. The Morgan fingerprint density at radius 1 is 1.23 bits per heavy atom. The first-order chi connectivity index (χ1) is 12.5. The van der Waals surface area contributed by atoms with Crippen LogP contribution in [0.5, 0.6) is 5.75 Å². The molecule has 3 aromatic rings. The summed E-state index contributed by atoms with van der Waals surface area (Å²) < 4.78 is 7.39. The summed E-state index contributed by atoms with van der Waals surface area (Å²) in [5, 5.41) is 7.73. The van der Waals surface area contributed by atoms with Crippen molar-refractivity contribution in [1.29, 1.82) is 0 Å². The van der Waals surface area contributed by atoms with E-state index in [1.54, 1.807) is 23.0 Å². The van der Waals surface area contributed by atoms with E-state index >= 15 is 0 Å². The van der Waals surface area contributed by atoms with Gasteiger partial charge in [-0.25, -0.2) is 4.68 Å². The minimum atomic E-state index is -0.251. The van der Waals surface area contributed by atoms with E-state index in [-0.39, 0.29) is 5.91 Å². The van der Waals surface area contributed by atoms with Crippen molar-refractivity contribution < 1.29 is 9.53 Å². The van der Waals surface area contributed by atoms with Crippen LogP contribution in [-0.2, 0) is 0 Å². The van der Waals surface area contributed by atoms with Crippen LogP contribution < -0.4 is 10.1 Å². The second-order valence-corrected chi connectivity index (χ2v) is 6.75. The largest absolute Gasteiger partial charge is 0.491 e. The normalized spacial score (nSPS) is 10.8. The maximum Gasteiger partial charge on any atom is 0.258 e. The summed E-state index contributed by atoms with van der Waals surface area (Å²) in [6, 6.07) is 14.7. The monoisotopic (exact) mass is 369 g/mol. The number of carbonyl (C=O) groups excluding carboxylic acids is 1. The molecule has 1 amide bonds. The second kappa shape index (κ2) is 8.06. The molecule has 1 aromatic heterocycles. The van der Waals surface area contributed by atoms with E-state index in [0.29, 0.717) is 34.5 Å². The lowest BCUT2D eigenvalue weighted by Crippen LogP contribution is -2.13. The van der Waals surface area contributed by atoms with Gasteiger partial charge in [0.15, 0.2) is 0 Å². The first kappa shape index (κ1) is 18.0. The Morgan fingerprint density at radius 2 is 2.04 bits per heavy atom. The molecule has 6 heteroatoms. The maximum atomic E-state index is 12.6. The molecule has 1 N–H and O–H groups in total. The van der Waals surface area contributed by atoms with Crippen LogP contribution in [0.2, 0.25) is 5.02 Å². The topological polar surface area (TPSA) is 56.1 Å². The second-order valence-electron chi connectivity index (χ2n) is 6.31. The summed E-state index contributed by atoms with van der Waals surface area (Å²) in [6.45, 7) is 4.73. The van der Waals surface area contributed by atoms with Gasteiger partial charge in [0, 0.05) is 11.2 Å². The van der Waals surface area contributed by atoms with Gasteiger partial charge in [-0.1, -0.05) is 43.6 Å². The molecule has 0 aliphatic carbocycles. The van der Waals surface area contributed by atoms with Gasteiger partial charge in [-0.2, -0.15) is 5.10 Å². The van der Waals surface area contributed by atoms with E-state index in [4.69, 9.17) is 16.3 Å². The van der Waals surface area contributed by atoms with Crippen molar-refractivity contribution in [3.05, 3.63) is 71.5 Å². The van der Waals surface area contributed by atoms with Gasteiger partial charge in [0.1, 0.15) is 5.75 Å². The van der Waals surface area contributed by atoms with Gasteiger partial charge in [-0.3, -0.25) is 4.79 Å². The predicted octanol–water partition coefficient (Wildman–Crippen LogP) is 4.81. The quantitative estimate of drug-likeness (QED) is 0.678. The summed E-state index contributed by atoms with van der Waals surface area (Å²) in [6.07, 6.45) is 3.19. The number of rotatable bonds is 6. The SMILES string of the molecule is CC(C)COc1ccccc1NC(=O)c1cnn(-c2cccc(Cl)c2)c1. The Morgan fingerprint density at radius 3 is 2.81 bits per heavy atom. The summed E-state index contributed by atoms with van der Waals surface area (Å²) in [7, 11) is 0. The molecular formula is C20H20ClN3O2. The van der Waals surface area contributed by atoms with Crippen LogP contribution in [0, 0.1) is 5.92 Å². The fourth-order valence-electron chi connectivity index (χ4n) is 2.35. The van der Waals surface area contributed by atoms with Gasteiger partial charge in [-0.05, 0) is 36.2 Å². The highest BCUT2D eigenvalue weighted by Crippen LogP contribution is 2.25. The van der Waals surface area contributed by atoms with Gasteiger partial charge in [0.05, 0.1) is 29.7 Å². The minimum Gasteiger partial charge on any atom is -0.491 e. The maximum absolute atomic E-state index is 12.6. The number of benzene rings is 2. The third-order valence-electron chi connectivity index (χ3n) is 3.62. The average molecular weight is 370 g/mol. The number of halogens is 1. The van der Waals surface area contributed by atoms with Crippen molar-refractivity contribution >= 4 is 23.2 Å². The van der Waals surface area contributed by atoms with Gasteiger partial charge in [-0.15, -0.1) is 0 Å². The van der Waals surface area contributed by atoms with Crippen molar-refractivity contribution in [1.82, 2.24) is 9.78 Å². The Balaban J connectivity index is 1.75. The van der Waals surface area contributed by atoms with E-state index in [1.165, 1.54) is 6.20 Å². The first-order valence-corrected chi connectivity index (χ1v) is 8.74. The number of para-hydroxylation sites is 2. The van der Waals surface area contributed by atoms with E-state index in [1.807, 2.05) is 36.4 Å².